The summed E-state index contributed by atoms with van der Waals surface area (Å²) >= 11 is 0. The molecule has 0 heterocycles. The van der Waals surface area contributed by atoms with Crippen LogP contribution >= 0.6 is 0 Å². The van der Waals surface area contributed by atoms with Gasteiger partial charge in [-0.15, -0.1) is 0 Å². The topological polar surface area (TPSA) is 54.0 Å². The molecule has 5 nitrogen and oxygen atoms in total. The largest absolute Gasteiger partial charge is 0.834 e. The van der Waals surface area contributed by atoms with Gasteiger partial charge < -0.3 is 9.15 Å². The minimum absolute atomic E-state index is 0.0749. The summed E-state index contributed by atoms with van der Waals surface area (Å²) in [5, 5.41) is 0. The van der Waals surface area contributed by atoms with Crippen LogP contribution in [0.1, 0.15) is 40.0 Å². The second-order valence-electron chi connectivity index (χ2n) is 2.87. The normalized spacial score (nSPS) is 12.2. The SMILES string of the molecule is CCCCC(C)OO[Si](=O)OOCC. The lowest BCUT2D eigenvalue weighted by molar-refractivity contribution is -0.301. The number of unbranched alkanes of at least 4 members (excludes halogenated alkanes) is 1. The van der Waals surface area contributed by atoms with E-state index in [9.17, 15) is 4.46 Å². The van der Waals surface area contributed by atoms with E-state index in [2.05, 4.69) is 21.0 Å². The molecule has 1 unspecified atom stereocenters. The Hall–Kier alpha value is -0.463. The molecule has 0 aromatic rings. The Labute approximate surface area is 86.1 Å². The minimum Gasteiger partial charge on any atom is -0.327 e. The van der Waals surface area contributed by atoms with Gasteiger partial charge in [0.25, 0.3) is 0 Å². The van der Waals surface area contributed by atoms with Gasteiger partial charge in [0.05, 0.1) is 6.61 Å². The van der Waals surface area contributed by atoms with Crippen molar-refractivity contribution in [3.05, 3.63) is 0 Å². The molecule has 0 aromatic carbocycles. The zero-order chi connectivity index (χ0) is 10.8. The molecule has 0 radical (unpaired) electrons. The van der Waals surface area contributed by atoms with Crippen LogP contribution in [0.2, 0.25) is 0 Å². The van der Waals surface area contributed by atoms with E-state index in [1.54, 1.807) is 6.92 Å². The predicted octanol–water partition coefficient (Wildman–Crippen LogP) is 1.90. The Balaban J connectivity index is 3.36. The van der Waals surface area contributed by atoms with Gasteiger partial charge in [-0.3, -0.25) is 4.46 Å². The highest BCUT2D eigenvalue weighted by Gasteiger charge is 2.16. The molecule has 0 fully saturated rings. The van der Waals surface area contributed by atoms with Crippen LogP contribution in [0.4, 0.5) is 0 Å². The van der Waals surface area contributed by atoms with E-state index in [1.807, 2.05) is 6.92 Å². The molecule has 0 amide bonds. The molecule has 0 rings (SSSR count). The molecule has 1 atom stereocenters. The summed E-state index contributed by atoms with van der Waals surface area (Å²) in [7, 11) is -2.67. The predicted molar refractivity (Wildman–Crippen MR) is 50.3 cm³/mol. The maximum Gasteiger partial charge on any atom is 0.834 e. The highest BCUT2D eigenvalue weighted by atomic mass is 28.3. The molecule has 14 heavy (non-hydrogen) atoms. The van der Waals surface area contributed by atoms with E-state index in [-0.39, 0.29) is 6.10 Å². The van der Waals surface area contributed by atoms with Crippen molar-refractivity contribution in [1.29, 1.82) is 0 Å². The van der Waals surface area contributed by atoms with Gasteiger partial charge >= 0.3 is 9.17 Å². The van der Waals surface area contributed by atoms with Gasteiger partial charge in [0, 0.05) is 0 Å². The van der Waals surface area contributed by atoms with Crippen molar-refractivity contribution in [3.63, 3.8) is 0 Å². The quantitative estimate of drug-likeness (QED) is 0.339. The van der Waals surface area contributed by atoms with Crippen LogP contribution in [0.3, 0.4) is 0 Å². The fourth-order valence-corrected chi connectivity index (χ4v) is 1.27. The Kier molecular flexibility index (Phi) is 8.80. The fourth-order valence-electron chi connectivity index (χ4n) is 0.782. The van der Waals surface area contributed by atoms with Crippen LogP contribution in [0, 0.1) is 0 Å². The van der Waals surface area contributed by atoms with Gasteiger partial charge in [-0.1, -0.05) is 19.8 Å². The molecule has 0 aliphatic carbocycles. The summed E-state index contributed by atoms with van der Waals surface area (Å²) < 4.78 is 19.7. The lowest BCUT2D eigenvalue weighted by atomic mass is 10.2. The van der Waals surface area contributed by atoms with Crippen LogP contribution in [0.15, 0.2) is 0 Å². The zero-order valence-electron chi connectivity index (χ0n) is 8.95. The first kappa shape index (κ1) is 13.5. The van der Waals surface area contributed by atoms with Crippen molar-refractivity contribution in [3.8, 4) is 0 Å². The third-order valence-electron chi connectivity index (χ3n) is 1.49. The van der Waals surface area contributed by atoms with Crippen LogP contribution in [0.5, 0.6) is 0 Å². The Morgan fingerprint density at radius 3 is 2.57 bits per heavy atom. The lowest BCUT2D eigenvalue weighted by Crippen LogP contribution is -2.17. The average molecular weight is 222 g/mol. The van der Waals surface area contributed by atoms with Crippen LogP contribution in [-0.4, -0.2) is 21.9 Å². The van der Waals surface area contributed by atoms with Crippen molar-refractivity contribution >= 4 is 9.17 Å². The molecule has 0 aliphatic heterocycles. The Morgan fingerprint density at radius 1 is 1.29 bits per heavy atom. The van der Waals surface area contributed by atoms with Gasteiger partial charge in [0.1, 0.15) is 6.10 Å². The molecule has 0 aromatic heterocycles. The standard InChI is InChI=1S/C8H18O5Si/c1-4-6-7-8(3)11-13-14(9)12-10-5-2/h8H,4-7H2,1-3H3. The van der Waals surface area contributed by atoms with E-state index in [1.165, 1.54) is 0 Å². The van der Waals surface area contributed by atoms with Crippen LogP contribution in [0.25, 0.3) is 0 Å². The molecule has 6 heteroatoms. The molecule has 0 N–H and O–H groups in total. The first-order chi connectivity index (χ1) is 6.70. The van der Waals surface area contributed by atoms with Gasteiger partial charge in [-0.2, -0.15) is 9.78 Å². The van der Waals surface area contributed by atoms with E-state index in [4.69, 9.17) is 4.89 Å². The minimum atomic E-state index is -2.67. The summed E-state index contributed by atoms with van der Waals surface area (Å²) in [6.45, 7) is 5.99. The van der Waals surface area contributed by atoms with Gasteiger partial charge in [0.2, 0.25) is 0 Å². The third kappa shape index (κ3) is 8.15. The van der Waals surface area contributed by atoms with E-state index < -0.39 is 9.17 Å². The summed E-state index contributed by atoms with van der Waals surface area (Å²) in [5.41, 5.74) is 0. The molecular formula is C8H18O5Si. The molecule has 84 valence electrons. The van der Waals surface area contributed by atoms with Crippen molar-refractivity contribution in [2.24, 2.45) is 0 Å². The fraction of sp³-hybridized carbons (Fsp3) is 1.00. The third-order valence-corrected chi connectivity index (χ3v) is 1.98. The van der Waals surface area contributed by atoms with Crippen molar-refractivity contribution in [2.75, 3.05) is 6.61 Å². The lowest BCUT2D eigenvalue weighted by Gasteiger charge is -2.09. The molecule has 0 saturated carbocycles. The molecule has 0 saturated heterocycles. The van der Waals surface area contributed by atoms with Crippen molar-refractivity contribution < 1.29 is 23.4 Å². The summed E-state index contributed by atoms with van der Waals surface area (Å²) in [4.78, 5) is 9.27. The number of hydrogen-bond donors (Lipinski definition) is 0. The first-order valence-electron chi connectivity index (χ1n) is 4.87. The number of hydrogen-bond acceptors (Lipinski definition) is 5. The second kappa shape index (κ2) is 9.11. The first-order valence-corrected chi connectivity index (χ1v) is 6.09. The zero-order valence-corrected chi connectivity index (χ0v) is 9.95. The molecular weight excluding hydrogens is 204 g/mol. The monoisotopic (exact) mass is 222 g/mol. The Bertz CT molecular complexity index is 153. The number of rotatable bonds is 9. The maximum atomic E-state index is 10.9. The summed E-state index contributed by atoms with van der Waals surface area (Å²) in [6.07, 6.45) is 2.95. The van der Waals surface area contributed by atoms with Gasteiger partial charge in [-0.05, 0) is 20.3 Å². The smallest absolute Gasteiger partial charge is 0.327 e. The average Bonchev–Trinajstić information content (AvgIpc) is 2.20. The molecule has 0 bridgehead atoms. The van der Waals surface area contributed by atoms with Crippen LogP contribution < -0.4 is 0 Å². The van der Waals surface area contributed by atoms with E-state index >= 15 is 0 Å². The van der Waals surface area contributed by atoms with Crippen molar-refractivity contribution in [1.82, 2.24) is 0 Å². The molecule has 0 spiro atoms. The van der Waals surface area contributed by atoms with Gasteiger partial charge in [0.15, 0.2) is 0 Å². The van der Waals surface area contributed by atoms with E-state index in [0.717, 1.165) is 19.3 Å². The summed E-state index contributed by atoms with van der Waals surface area (Å²) in [5.74, 6) is 0. The highest BCUT2D eigenvalue weighted by Crippen LogP contribution is 2.04. The van der Waals surface area contributed by atoms with Gasteiger partial charge in [-0.25, -0.2) is 0 Å². The van der Waals surface area contributed by atoms with Crippen molar-refractivity contribution in [2.45, 2.75) is 46.1 Å². The highest BCUT2D eigenvalue weighted by molar-refractivity contribution is 6.25. The van der Waals surface area contributed by atoms with E-state index in [0.29, 0.717) is 6.61 Å². The second-order valence-corrected chi connectivity index (χ2v) is 3.71. The Morgan fingerprint density at radius 2 is 2.00 bits per heavy atom. The maximum absolute atomic E-state index is 10.9. The summed E-state index contributed by atoms with van der Waals surface area (Å²) in [6, 6.07) is 0. The van der Waals surface area contributed by atoms with Crippen LogP contribution in [-0.2, 0) is 23.4 Å². The molecule has 0 aliphatic rings.